The van der Waals surface area contributed by atoms with Crippen LogP contribution in [0.3, 0.4) is 0 Å². The zero-order valence-corrected chi connectivity index (χ0v) is 24.4. The number of ether oxygens (including phenoxy) is 2. The summed E-state index contributed by atoms with van der Waals surface area (Å²) in [6, 6.07) is 5.11. The third-order valence-corrected chi connectivity index (χ3v) is 7.22. The Hall–Kier alpha value is -3.67. The van der Waals surface area contributed by atoms with Gasteiger partial charge in [0.25, 0.3) is 5.91 Å². The summed E-state index contributed by atoms with van der Waals surface area (Å²) in [4.78, 5) is 67.7. The number of methoxy groups -OCH3 is 1. The number of fused-ring (bicyclic) bond motifs is 13. The minimum absolute atomic E-state index is 0.00905. The summed E-state index contributed by atoms with van der Waals surface area (Å²) in [6.45, 7) is 6.28. The van der Waals surface area contributed by atoms with Gasteiger partial charge in [0.15, 0.2) is 6.61 Å². The lowest BCUT2D eigenvalue weighted by atomic mass is 10.0. The lowest BCUT2D eigenvalue weighted by Crippen LogP contribution is -2.56. The Morgan fingerprint density at radius 3 is 2.37 bits per heavy atom. The molecule has 0 aromatic heterocycles. The molecule has 0 unspecified atom stereocenters. The number of hydrogen-bond acceptors (Lipinski definition) is 7. The SMILES string of the molecule is COCCN1CC(=O)N[C@H](C(=O)NC2CCN(C(C)=O)CC2)Cc2ccc(cc2)OCC(=O)N[C@@H](CC(C)C)C1=O. The number of benzene rings is 1. The molecule has 0 aliphatic carbocycles. The first-order valence-corrected chi connectivity index (χ1v) is 14.2. The predicted octanol–water partition coefficient (Wildman–Crippen LogP) is 0.239. The molecule has 4 rings (SSSR count). The van der Waals surface area contributed by atoms with Crippen molar-refractivity contribution in [3.8, 4) is 5.75 Å². The van der Waals surface area contributed by atoms with Crippen LogP contribution in [0.5, 0.6) is 5.75 Å². The average Bonchev–Trinajstić information content (AvgIpc) is 2.93. The summed E-state index contributed by atoms with van der Waals surface area (Å²) >= 11 is 0. The van der Waals surface area contributed by atoms with Crippen molar-refractivity contribution >= 4 is 29.5 Å². The number of piperidine rings is 1. The smallest absolute Gasteiger partial charge is 0.258 e. The van der Waals surface area contributed by atoms with E-state index in [-0.39, 0.29) is 56.5 Å². The maximum atomic E-state index is 13.5. The van der Waals surface area contributed by atoms with Crippen LogP contribution in [0.2, 0.25) is 0 Å². The monoisotopic (exact) mass is 573 g/mol. The molecule has 5 amide bonds. The highest BCUT2D eigenvalue weighted by molar-refractivity contribution is 5.93. The average molecular weight is 574 g/mol. The fourth-order valence-electron chi connectivity index (χ4n) is 4.99. The fraction of sp³-hybridized carbons (Fsp3) is 0.621. The molecule has 3 heterocycles. The predicted molar refractivity (Wildman–Crippen MR) is 151 cm³/mol. The highest BCUT2D eigenvalue weighted by atomic mass is 16.5. The molecule has 1 fully saturated rings. The first-order chi connectivity index (χ1) is 19.5. The number of nitrogens with zero attached hydrogens (tertiary/aromatic N) is 2. The van der Waals surface area contributed by atoms with Gasteiger partial charge in [0.2, 0.25) is 23.6 Å². The molecule has 2 bridgehead atoms. The van der Waals surface area contributed by atoms with Crippen molar-refractivity contribution in [1.29, 1.82) is 0 Å². The number of rotatable bonds is 7. The summed E-state index contributed by atoms with van der Waals surface area (Å²) in [6.07, 6.45) is 1.84. The maximum Gasteiger partial charge on any atom is 0.258 e. The van der Waals surface area contributed by atoms with Crippen molar-refractivity contribution in [3.05, 3.63) is 29.8 Å². The van der Waals surface area contributed by atoms with Crippen LogP contribution in [-0.4, -0.2) is 104 Å². The van der Waals surface area contributed by atoms with Crippen LogP contribution in [0.1, 0.15) is 45.6 Å². The fourth-order valence-corrected chi connectivity index (χ4v) is 4.99. The highest BCUT2D eigenvalue weighted by Gasteiger charge is 2.31. The van der Waals surface area contributed by atoms with Gasteiger partial charge in [-0.05, 0) is 42.9 Å². The Morgan fingerprint density at radius 2 is 1.76 bits per heavy atom. The molecule has 1 aromatic carbocycles. The Labute approximate surface area is 241 Å². The van der Waals surface area contributed by atoms with E-state index in [4.69, 9.17) is 9.47 Å². The van der Waals surface area contributed by atoms with Crippen molar-refractivity contribution in [2.45, 2.75) is 64.6 Å². The topological polar surface area (TPSA) is 146 Å². The van der Waals surface area contributed by atoms with Gasteiger partial charge in [-0.15, -0.1) is 0 Å². The third-order valence-electron chi connectivity index (χ3n) is 7.22. The van der Waals surface area contributed by atoms with Gasteiger partial charge >= 0.3 is 0 Å². The van der Waals surface area contributed by atoms with E-state index in [1.807, 2.05) is 13.8 Å². The zero-order valence-electron chi connectivity index (χ0n) is 24.4. The lowest BCUT2D eigenvalue weighted by Gasteiger charge is -2.33. The van der Waals surface area contributed by atoms with Crippen LogP contribution >= 0.6 is 0 Å². The molecule has 3 aliphatic heterocycles. The maximum absolute atomic E-state index is 13.5. The molecule has 2 atom stereocenters. The van der Waals surface area contributed by atoms with Crippen molar-refractivity contribution < 1.29 is 33.4 Å². The van der Waals surface area contributed by atoms with Crippen molar-refractivity contribution in [2.24, 2.45) is 5.92 Å². The molecule has 12 nitrogen and oxygen atoms in total. The van der Waals surface area contributed by atoms with Gasteiger partial charge in [0.05, 0.1) is 13.2 Å². The number of carbonyl (C=O) groups excluding carboxylic acids is 5. The summed E-state index contributed by atoms with van der Waals surface area (Å²) < 4.78 is 10.8. The van der Waals surface area contributed by atoms with E-state index in [2.05, 4.69) is 16.0 Å². The quantitative estimate of drug-likeness (QED) is 0.396. The van der Waals surface area contributed by atoms with Gasteiger partial charge in [-0.2, -0.15) is 0 Å². The van der Waals surface area contributed by atoms with Crippen LogP contribution in [0.25, 0.3) is 0 Å². The Bertz CT molecular complexity index is 1070. The van der Waals surface area contributed by atoms with Crippen LogP contribution in [-0.2, 0) is 35.1 Å². The Balaban J connectivity index is 1.83. The molecule has 0 spiro atoms. The Morgan fingerprint density at radius 1 is 1.07 bits per heavy atom. The second-order valence-electron chi connectivity index (χ2n) is 11.0. The molecular formula is C29H43N5O7. The summed E-state index contributed by atoms with van der Waals surface area (Å²) in [5.41, 5.74) is 0.782. The van der Waals surface area contributed by atoms with Crippen molar-refractivity contribution in [3.63, 3.8) is 0 Å². The van der Waals surface area contributed by atoms with Crippen molar-refractivity contribution in [2.75, 3.05) is 46.5 Å². The van der Waals surface area contributed by atoms with E-state index < -0.39 is 29.8 Å². The molecule has 226 valence electrons. The zero-order chi connectivity index (χ0) is 29.9. The molecule has 3 aliphatic rings. The number of carbonyl (C=O) groups is 5. The normalized spacial score (nSPS) is 21.3. The van der Waals surface area contributed by atoms with Gasteiger partial charge in [0.1, 0.15) is 17.8 Å². The number of amides is 5. The number of likely N-dealkylation sites (tertiary alicyclic amines) is 1. The molecular weight excluding hydrogens is 530 g/mol. The summed E-state index contributed by atoms with van der Waals surface area (Å²) in [5.74, 6) is -1.11. The number of nitrogens with one attached hydrogen (secondary N) is 3. The van der Waals surface area contributed by atoms with Crippen LogP contribution in [0.4, 0.5) is 0 Å². The van der Waals surface area contributed by atoms with Crippen LogP contribution in [0.15, 0.2) is 24.3 Å². The molecule has 3 N–H and O–H groups in total. The Kier molecular flexibility index (Phi) is 11.9. The van der Waals surface area contributed by atoms with E-state index >= 15 is 0 Å². The van der Waals surface area contributed by atoms with Crippen molar-refractivity contribution in [1.82, 2.24) is 25.8 Å². The molecule has 12 heteroatoms. The second-order valence-corrected chi connectivity index (χ2v) is 11.0. The van der Waals surface area contributed by atoms with Gasteiger partial charge in [0, 0.05) is 46.1 Å². The molecule has 41 heavy (non-hydrogen) atoms. The third kappa shape index (κ3) is 10.0. The van der Waals surface area contributed by atoms with Crippen LogP contribution < -0.4 is 20.7 Å². The van der Waals surface area contributed by atoms with E-state index in [0.29, 0.717) is 38.1 Å². The molecule has 1 aromatic rings. The highest BCUT2D eigenvalue weighted by Crippen LogP contribution is 2.16. The lowest BCUT2D eigenvalue weighted by molar-refractivity contribution is -0.141. The first kappa shape index (κ1) is 31.9. The minimum Gasteiger partial charge on any atom is -0.484 e. The minimum atomic E-state index is -0.890. The van der Waals surface area contributed by atoms with E-state index in [1.54, 1.807) is 29.2 Å². The van der Waals surface area contributed by atoms with Gasteiger partial charge in [-0.3, -0.25) is 24.0 Å². The van der Waals surface area contributed by atoms with Gasteiger partial charge in [-0.25, -0.2) is 0 Å². The first-order valence-electron chi connectivity index (χ1n) is 14.2. The summed E-state index contributed by atoms with van der Waals surface area (Å²) in [7, 11) is 1.50. The molecule has 0 saturated carbocycles. The number of hydrogen-bond donors (Lipinski definition) is 3. The summed E-state index contributed by atoms with van der Waals surface area (Å²) in [5, 5.41) is 8.62. The molecule has 1 saturated heterocycles. The van der Waals surface area contributed by atoms with E-state index in [1.165, 1.54) is 18.9 Å². The van der Waals surface area contributed by atoms with Crippen LogP contribution in [0, 0.1) is 5.92 Å². The van der Waals surface area contributed by atoms with Gasteiger partial charge < -0.3 is 35.2 Å². The molecule has 0 radical (unpaired) electrons. The largest absolute Gasteiger partial charge is 0.484 e. The van der Waals surface area contributed by atoms with E-state index in [9.17, 15) is 24.0 Å². The van der Waals surface area contributed by atoms with E-state index in [0.717, 1.165) is 5.56 Å². The second kappa shape index (κ2) is 15.4. The standard InChI is InChI=1S/C29H43N5O7/c1-19(2)15-25-29(39)34(13-14-40-4)17-26(36)31-24(28(38)30-22-9-11-33(12-10-22)20(3)35)16-21-5-7-23(8-6-21)41-18-27(37)32-25/h5-8,19,22,24-25H,9-18H2,1-4H3,(H,30,38)(H,31,36)(H,32,37)/t24-,25-/m0/s1. The van der Waals surface area contributed by atoms with Gasteiger partial charge in [-0.1, -0.05) is 26.0 Å².